The number of hydrogen-bond acceptors (Lipinski definition) is 5. The van der Waals surface area contributed by atoms with Crippen LogP contribution in [0.2, 0.25) is 0 Å². The fourth-order valence-electron chi connectivity index (χ4n) is 8.31. The fourth-order valence-corrected chi connectivity index (χ4v) is 8.31. The van der Waals surface area contributed by atoms with Gasteiger partial charge in [-0.1, -0.05) is 236 Å². The molecule has 0 radical (unpaired) electrons. The number of aliphatic hydroxyl groups excluding tert-OH is 2. The van der Waals surface area contributed by atoms with Crippen molar-refractivity contribution in [2.24, 2.45) is 0 Å². The third-order valence-corrected chi connectivity index (χ3v) is 12.6. The SMILES string of the molecule is CCCCC/C=C\C/C=C\C/C=C\CCCCCCC(CC(=O)NC(CO)C(O)CCCCCCCCCCCCC)OC(=O)CCCCCCC/C=C/C=C/CCCCCCCCC. The van der Waals surface area contributed by atoms with Gasteiger partial charge in [0.1, 0.15) is 6.10 Å². The molecule has 65 heavy (non-hydrogen) atoms. The van der Waals surface area contributed by atoms with E-state index in [4.69, 9.17) is 4.74 Å². The zero-order valence-electron chi connectivity index (χ0n) is 43.1. The standard InChI is InChI=1S/C59H107NO5/c1-4-7-10-13-16-19-22-24-26-28-30-32-34-37-40-43-46-49-52-59(64)65-55(50-47-44-41-38-36-33-31-29-27-25-23-20-17-14-11-8-5-2)53-58(63)60-56(54-61)57(62)51-48-45-42-39-35-21-18-15-12-9-6-3/h17,20,25-28,30-33,55-57,61-62H,4-16,18-19,21-24,29,34-54H2,1-3H3,(H,60,63)/b20-17-,27-25-,28-26+,32-30+,33-31-. The van der Waals surface area contributed by atoms with Crippen LogP contribution in [0.3, 0.4) is 0 Å². The summed E-state index contributed by atoms with van der Waals surface area (Å²) in [5.74, 6) is -0.508. The summed E-state index contributed by atoms with van der Waals surface area (Å²) in [6.45, 7) is 6.45. The molecule has 0 aromatic carbocycles. The van der Waals surface area contributed by atoms with Gasteiger partial charge in [-0.2, -0.15) is 0 Å². The molecular formula is C59H107NO5. The predicted octanol–water partition coefficient (Wildman–Crippen LogP) is 17.2. The third-order valence-electron chi connectivity index (χ3n) is 12.6. The maximum atomic E-state index is 13.2. The maximum Gasteiger partial charge on any atom is 0.306 e. The van der Waals surface area contributed by atoms with E-state index in [0.717, 1.165) is 103 Å². The quantitative estimate of drug-likeness (QED) is 0.0245. The Hall–Kier alpha value is -2.44. The smallest absolute Gasteiger partial charge is 0.306 e. The van der Waals surface area contributed by atoms with Crippen molar-refractivity contribution in [1.29, 1.82) is 0 Å². The van der Waals surface area contributed by atoms with E-state index in [-0.39, 0.29) is 24.9 Å². The van der Waals surface area contributed by atoms with Crippen molar-refractivity contribution in [3.8, 4) is 0 Å². The van der Waals surface area contributed by atoms with Crippen LogP contribution in [0.15, 0.2) is 60.8 Å². The van der Waals surface area contributed by atoms with Gasteiger partial charge in [0, 0.05) is 6.42 Å². The van der Waals surface area contributed by atoms with E-state index in [1.807, 2.05) is 0 Å². The second kappa shape index (κ2) is 52.5. The number of allylic oxidation sites excluding steroid dienone is 10. The van der Waals surface area contributed by atoms with Crippen LogP contribution in [-0.4, -0.2) is 46.9 Å². The van der Waals surface area contributed by atoms with Crippen molar-refractivity contribution in [1.82, 2.24) is 5.32 Å². The predicted molar refractivity (Wildman–Crippen MR) is 282 cm³/mol. The minimum atomic E-state index is -0.798. The first-order valence-electron chi connectivity index (χ1n) is 28.0. The zero-order valence-corrected chi connectivity index (χ0v) is 43.1. The average molecular weight is 911 g/mol. The Morgan fingerprint density at radius 3 is 1.31 bits per heavy atom. The van der Waals surface area contributed by atoms with Crippen LogP contribution in [0.5, 0.6) is 0 Å². The van der Waals surface area contributed by atoms with Gasteiger partial charge in [-0.25, -0.2) is 0 Å². The van der Waals surface area contributed by atoms with E-state index < -0.39 is 18.2 Å². The lowest BCUT2D eigenvalue weighted by atomic mass is 10.0. The molecule has 0 bridgehead atoms. The molecule has 378 valence electrons. The van der Waals surface area contributed by atoms with E-state index in [2.05, 4.69) is 86.8 Å². The van der Waals surface area contributed by atoms with E-state index in [9.17, 15) is 19.8 Å². The number of rotatable bonds is 50. The molecule has 3 atom stereocenters. The Labute approximate surface area is 403 Å². The van der Waals surface area contributed by atoms with Crippen molar-refractivity contribution in [3.63, 3.8) is 0 Å². The summed E-state index contributed by atoms with van der Waals surface area (Å²) < 4.78 is 5.94. The molecule has 0 aromatic rings. The average Bonchev–Trinajstić information content (AvgIpc) is 3.30. The van der Waals surface area contributed by atoms with E-state index in [1.165, 1.54) is 128 Å². The molecule has 0 fully saturated rings. The summed E-state index contributed by atoms with van der Waals surface area (Å²) in [6.07, 6.45) is 65.6. The summed E-state index contributed by atoms with van der Waals surface area (Å²) in [7, 11) is 0. The van der Waals surface area contributed by atoms with Crippen LogP contribution in [-0.2, 0) is 14.3 Å². The normalized spacial score (nSPS) is 13.6. The third kappa shape index (κ3) is 47.8. The van der Waals surface area contributed by atoms with Crippen molar-refractivity contribution in [3.05, 3.63) is 60.8 Å². The van der Waals surface area contributed by atoms with Gasteiger partial charge in [0.05, 0.1) is 25.2 Å². The van der Waals surface area contributed by atoms with Gasteiger partial charge in [-0.3, -0.25) is 9.59 Å². The number of carbonyl (C=O) groups is 2. The van der Waals surface area contributed by atoms with Crippen LogP contribution in [0.25, 0.3) is 0 Å². The molecule has 0 aliphatic carbocycles. The number of carbonyl (C=O) groups excluding carboxylic acids is 2. The first kappa shape index (κ1) is 62.6. The number of nitrogens with one attached hydrogen (secondary N) is 1. The second-order valence-electron chi connectivity index (χ2n) is 19.0. The molecular weight excluding hydrogens is 803 g/mol. The second-order valence-corrected chi connectivity index (χ2v) is 19.0. The number of esters is 1. The first-order chi connectivity index (χ1) is 32.0. The summed E-state index contributed by atoms with van der Waals surface area (Å²) in [5, 5.41) is 23.8. The molecule has 0 aromatic heterocycles. The lowest BCUT2D eigenvalue weighted by Crippen LogP contribution is -2.46. The van der Waals surface area contributed by atoms with Crippen molar-refractivity contribution in [2.45, 2.75) is 296 Å². The monoisotopic (exact) mass is 910 g/mol. The zero-order chi connectivity index (χ0) is 47.4. The molecule has 0 saturated heterocycles. The number of unbranched alkanes of at least 4 members (excludes halogenated alkanes) is 29. The number of amides is 1. The lowest BCUT2D eigenvalue weighted by molar-refractivity contribution is -0.151. The Morgan fingerprint density at radius 2 is 0.831 bits per heavy atom. The minimum Gasteiger partial charge on any atom is -0.462 e. The van der Waals surface area contributed by atoms with E-state index >= 15 is 0 Å². The number of aliphatic hydroxyl groups is 2. The molecule has 1 amide bonds. The summed E-state index contributed by atoms with van der Waals surface area (Å²) in [6, 6.07) is -0.714. The van der Waals surface area contributed by atoms with Crippen LogP contribution in [0, 0.1) is 0 Å². The number of ether oxygens (including phenoxy) is 1. The van der Waals surface area contributed by atoms with Crippen LogP contribution >= 0.6 is 0 Å². The highest BCUT2D eigenvalue weighted by Crippen LogP contribution is 2.17. The molecule has 3 unspecified atom stereocenters. The molecule has 6 heteroatoms. The molecule has 0 rings (SSSR count). The van der Waals surface area contributed by atoms with E-state index in [1.54, 1.807) is 0 Å². The van der Waals surface area contributed by atoms with Gasteiger partial charge >= 0.3 is 5.97 Å². The van der Waals surface area contributed by atoms with Crippen molar-refractivity contribution < 1.29 is 24.5 Å². The molecule has 3 N–H and O–H groups in total. The first-order valence-corrected chi connectivity index (χ1v) is 28.0. The maximum absolute atomic E-state index is 13.2. The Kier molecular flexibility index (Phi) is 50.6. The van der Waals surface area contributed by atoms with Crippen LogP contribution in [0.1, 0.15) is 278 Å². The highest BCUT2D eigenvalue weighted by atomic mass is 16.5. The Bertz CT molecular complexity index is 1160. The van der Waals surface area contributed by atoms with Crippen molar-refractivity contribution >= 4 is 11.9 Å². The molecule has 0 spiro atoms. The molecule has 0 saturated carbocycles. The fraction of sp³-hybridized carbons (Fsp3) is 0.797. The van der Waals surface area contributed by atoms with Crippen molar-refractivity contribution in [2.75, 3.05) is 6.61 Å². The van der Waals surface area contributed by atoms with Gasteiger partial charge in [-0.15, -0.1) is 0 Å². The molecule has 0 aliphatic heterocycles. The largest absolute Gasteiger partial charge is 0.462 e. The summed E-state index contributed by atoms with van der Waals surface area (Å²) >= 11 is 0. The summed E-state index contributed by atoms with van der Waals surface area (Å²) in [5.41, 5.74) is 0. The highest BCUT2D eigenvalue weighted by Gasteiger charge is 2.24. The molecule has 0 aliphatic rings. The Balaban J connectivity index is 4.64. The van der Waals surface area contributed by atoms with Gasteiger partial charge in [0.2, 0.25) is 5.91 Å². The van der Waals surface area contributed by atoms with Crippen LogP contribution < -0.4 is 5.32 Å². The molecule has 0 heterocycles. The lowest BCUT2D eigenvalue weighted by Gasteiger charge is -2.24. The number of hydrogen-bond donors (Lipinski definition) is 3. The molecule has 6 nitrogen and oxygen atoms in total. The highest BCUT2D eigenvalue weighted by molar-refractivity contribution is 5.77. The topological polar surface area (TPSA) is 95.9 Å². The van der Waals surface area contributed by atoms with Gasteiger partial charge in [0.15, 0.2) is 0 Å². The Morgan fingerprint density at radius 1 is 0.462 bits per heavy atom. The van der Waals surface area contributed by atoms with Gasteiger partial charge in [-0.05, 0) is 89.9 Å². The summed E-state index contributed by atoms with van der Waals surface area (Å²) in [4.78, 5) is 26.2. The minimum absolute atomic E-state index is 0.0557. The van der Waals surface area contributed by atoms with Gasteiger partial charge in [0.25, 0.3) is 0 Å². The van der Waals surface area contributed by atoms with Gasteiger partial charge < -0.3 is 20.3 Å². The van der Waals surface area contributed by atoms with Crippen LogP contribution in [0.4, 0.5) is 0 Å². The van der Waals surface area contributed by atoms with E-state index in [0.29, 0.717) is 19.3 Å².